The van der Waals surface area contributed by atoms with Crippen LogP contribution in [0.15, 0.2) is 11.3 Å². The molecule has 1 aromatic rings. The molecule has 1 fully saturated rings. The summed E-state index contributed by atoms with van der Waals surface area (Å²) in [5, 5.41) is 0. The molecular weight excluding hydrogens is 282 g/mol. The zero-order valence-corrected chi connectivity index (χ0v) is 12.7. The highest BCUT2D eigenvalue weighted by molar-refractivity contribution is 6.25. The number of hydrogen-bond donors (Lipinski definition) is 0. The summed E-state index contributed by atoms with van der Waals surface area (Å²) < 4.78 is 1.79. The average Bonchev–Trinajstić information content (AvgIpc) is 3.13. The van der Waals surface area contributed by atoms with Gasteiger partial charge in [0.25, 0.3) is 0 Å². The molecule has 1 unspecified atom stereocenters. The molecule has 22 heavy (non-hydrogen) atoms. The van der Waals surface area contributed by atoms with Gasteiger partial charge in [0, 0.05) is 31.6 Å². The molecule has 4 rings (SSSR count). The first-order valence-electron chi connectivity index (χ1n) is 7.73. The highest BCUT2D eigenvalue weighted by Crippen LogP contribution is 2.37. The van der Waals surface area contributed by atoms with Crippen LogP contribution < -0.4 is 0 Å². The van der Waals surface area contributed by atoms with Crippen LogP contribution in [0, 0.1) is 0 Å². The van der Waals surface area contributed by atoms with E-state index >= 15 is 0 Å². The second-order valence-electron chi connectivity index (χ2n) is 6.10. The molecule has 0 amide bonds. The summed E-state index contributed by atoms with van der Waals surface area (Å²) in [5.74, 6) is 0.144. The number of allylic oxidation sites excluding steroid dienone is 2. The number of fused-ring (bicyclic) bond motifs is 3. The average molecular weight is 299 g/mol. The number of Topliss-reactive ketones (excluding diaryl/α,β-unsaturated/α-hetero) is 3. The third kappa shape index (κ3) is 1.60. The highest BCUT2D eigenvalue weighted by atomic mass is 16.1. The summed E-state index contributed by atoms with van der Waals surface area (Å²) in [4.78, 5) is 43.8. The lowest BCUT2D eigenvalue weighted by atomic mass is 9.95. The van der Waals surface area contributed by atoms with Crippen LogP contribution >= 0.6 is 0 Å². The predicted molar refractivity (Wildman–Crippen MR) is 77.8 cm³/mol. The molecule has 0 saturated carbocycles. The molecule has 2 aliphatic heterocycles. The largest absolute Gasteiger partial charge is 0.364 e. The molecule has 0 aromatic carbocycles. The summed E-state index contributed by atoms with van der Waals surface area (Å²) in [6.45, 7) is 5.74. The van der Waals surface area contributed by atoms with Crippen LogP contribution in [0.4, 0.5) is 0 Å². The van der Waals surface area contributed by atoms with Crippen molar-refractivity contribution in [1.29, 1.82) is 0 Å². The maximum absolute atomic E-state index is 12.7. The van der Waals surface area contributed by atoms with Gasteiger partial charge in [-0.25, -0.2) is 4.98 Å². The zero-order chi connectivity index (χ0) is 15.6. The fourth-order valence-electron chi connectivity index (χ4n) is 3.51. The van der Waals surface area contributed by atoms with Crippen LogP contribution in [0.2, 0.25) is 0 Å². The van der Waals surface area contributed by atoms with E-state index in [1.165, 1.54) is 0 Å². The Kier molecular flexibility index (Phi) is 2.67. The minimum absolute atomic E-state index is 0.122. The van der Waals surface area contributed by atoms with Crippen molar-refractivity contribution >= 4 is 17.3 Å². The van der Waals surface area contributed by atoms with Gasteiger partial charge in [-0.05, 0) is 13.3 Å². The molecule has 6 nitrogen and oxygen atoms in total. The smallest absolute Gasteiger partial charge is 0.230 e. The fourth-order valence-corrected chi connectivity index (χ4v) is 3.51. The number of carbonyl (C=O) groups is 3. The van der Waals surface area contributed by atoms with E-state index in [0.717, 1.165) is 13.1 Å². The Morgan fingerprint density at radius 3 is 2.59 bits per heavy atom. The molecule has 1 saturated heterocycles. The molecule has 1 atom stereocenters. The molecule has 3 aliphatic rings. The lowest BCUT2D eigenvalue weighted by molar-refractivity contribution is -0.120. The Morgan fingerprint density at radius 1 is 1.23 bits per heavy atom. The van der Waals surface area contributed by atoms with Gasteiger partial charge in [0.15, 0.2) is 0 Å². The first-order chi connectivity index (χ1) is 10.5. The van der Waals surface area contributed by atoms with E-state index in [2.05, 4.69) is 4.98 Å². The van der Waals surface area contributed by atoms with Crippen LogP contribution in [0.5, 0.6) is 0 Å². The second-order valence-corrected chi connectivity index (χ2v) is 6.10. The second kappa shape index (κ2) is 4.38. The van der Waals surface area contributed by atoms with Crippen molar-refractivity contribution in [2.75, 3.05) is 13.1 Å². The Bertz CT molecular complexity index is 768. The first kappa shape index (κ1) is 13.4. The minimum Gasteiger partial charge on any atom is -0.364 e. The molecule has 6 heteroatoms. The molecule has 114 valence electrons. The van der Waals surface area contributed by atoms with Gasteiger partial charge in [-0.15, -0.1) is 0 Å². The number of carbonyl (C=O) groups excluding carboxylic acids is 3. The number of nitrogens with zero attached hydrogens (tertiary/aromatic N) is 3. The van der Waals surface area contributed by atoms with Gasteiger partial charge in [-0.3, -0.25) is 14.4 Å². The number of ketones is 3. The predicted octanol–water partition coefficient (Wildman–Crippen LogP) is 1.32. The molecule has 0 N–H and O–H groups in total. The first-order valence-corrected chi connectivity index (χ1v) is 7.73. The molecular formula is C16H17N3O3. The van der Waals surface area contributed by atoms with E-state index in [1.54, 1.807) is 11.5 Å². The van der Waals surface area contributed by atoms with Crippen molar-refractivity contribution in [2.24, 2.45) is 0 Å². The van der Waals surface area contributed by atoms with E-state index < -0.39 is 0 Å². The monoisotopic (exact) mass is 299 g/mol. The Hall–Kier alpha value is -2.24. The van der Waals surface area contributed by atoms with Crippen molar-refractivity contribution in [2.45, 2.75) is 39.2 Å². The molecule has 3 heterocycles. The lowest BCUT2D eigenvalue weighted by Gasteiger charge is -2.17. The standard InChI is InChI=1S/C16H17N3O3/c1-3-10(20)9-4-5-19-13-11(17-16(9)19)15(22)12(18-6-7-18)8(2)14(13)21/h9H,3-7H2,1-2H3. The summed E-state index contributed by atoms with van der Waals surface area (Å²) in [7, 11) is 0. The van der Waals surface area contributed by atoms with Crippen LogP contribution in [0.25, 0.3) is 0 Å². The van der Waals surface area contributed by atoms with Gasteiger partial charge in [-0.2, -0.15) is 0 Å². The van der Waals surface area contributed by atoms with E-state index in [4.69, 9.17) is 0 Å². The van der Waals surface area contributed by atoms with E-state index in [0.29, 0.717) is 42.2 Å². The van der Waals surface area contributed by atoms with Gasteiger partial charge < -0.3 is 9.47 Å². The Balaban J connectivity index is 1.85. The van der Waals surface area contributed by atoms with Gasteiger partial charge in [0.1, 0.15) is 23.0 Å². The highest BCUT2D eigenvalue weighted by Gasteiger charge is 2.43. The van der Waals surface area contributed by atoms with Crippen LogP contribution in [-0.4, -0.2) is 44.9 Å². The van der Waals surface area contributed by atoms with Crippen molar-refractivity contribution in [3.05, 3.63) is 28.5 Å². The van der Waals surface area contributed by atoms with Gasteiger partial charge >= 0.3 is 0 Å². The van der Waals surface area contributed by atoms with Crippen LogP contribution in [0.1, 0.15) is 59.4 Å². The maximum Gasteiger partial charge on any atom is 0.230 e. The number of hydrogen-bond acceptors (Lipinski definition) is 5. The van der Waals surface area contributed by atoms with Crippen LogP contribution in [-0.2, 0) is 11.3 Å². The third-order valence-electron chi connectivity index (χ3n) is 4.79. The third-order valence-corrected chi connectivity index (χ3v) is 4.79. The number of aromatic nitrogens is 2. The fraction of sp³-hybridized carbons (Fsp3) is 0.500. The van der Waals surface area contributed by atoms with Gasteiger partial charge in [0.05, 0.1) is 11.6 Å². The summed E-state index contributed by atoms with van der Waals surface area (Å²) >= 11 is 0. The van der Waals surface area contributed by atoms with Crippen molar-refractivity contribution in [3.8, 4) is 0 Å². The summed E-state index contributed by atoms with van der Waals surface area (Å²) in [5.41, 5.74) is 1.62. The van der Waals surface area contributed by atoms with Gasteiger partial charge in [0.2, 0.25) is 11.6 Å². The molecule has 0 bridgehead atoms. The topological polar surface area (TPSA) is 72.0 Å². The number of rotatable bonds is 3. The van der Waals surface area contributed by atoms with E-state index in [1.807, 2.05) is 11.8 Å². The van der Waals surface area contributed by atoms with Crippen molar-refractivity contribution in [3.63, 3.8) is 0 Å². The number of imidazole rings is 1. The lowest BCUT2D eigenvalue weighted by Crippen LogP contribution is -2.26. The van der Waals surface area contributed by atoms with Crippen LogP contribution in [0.3, 0.4) is 0 Å². The van der Waals surface area contributed by atoms with E-state index in [9.17, 15) is 14.4 Å². The van der Waals surface area contributed by atoms with Crippen molar-refractivity contribution in [1.82, 2.24) is 14.5 Å². The van der Waals surface area contributed by atoms with E-state index in [-0.39, 0.29) is 29.0 Å². The molecule has 0 radical (unpaired) electrons. The zero-order valence-electron chi connectivity index (χ0n) is 12.7. The normalized spacial score (nSPS) is 23.0. The molecule has 1 aliphatic carbocycles. The van der Waals surface area contributed by atoms with Crippen molar-refractivity contribution < 1.29 is 14.4 Å². The SMILES string of the molecule is CCC(=O)C1CCn2c1nc1c2C(=O)C(C)=C(N2CC2)C1=O. The quantitative estimate of drug-likeness (QED) is 0.787. The molecule has 1 aromatic heterocycles. The minimum atomic E-state index is -0.277. The maximum atomic E-state index is 12.7. The van der Waals surface area contributed by atoms with Gasteiger partial charge in [-0.1, -0.05) is 6.92 Å². The molecule has 0 spiro atoms. The summed E-state index contributed by atoms with van der Waals surface area (Å²) in [6, 6.07) is 0. The Morgan fingerprint density at radius 2 is 1.95 bits per heavy atom. The summed E-state index contributed by atoms with van der Waals surface area (Å²) in [6.07, 6.45) is 1.12. The Labute approximate surface area is 127 Å².